The molecule has 180 valence electrons. The molecule has 0 unspecified atom stereocenters. The molecule has 1 N–H and O–H groups in total. The Hall–Kier alpha value is -3.29. The maximum absolute atomic E-state index is 12.5. The molecule has 0 saturated carbocycles. The van der Waals surface area contributed by atoms with E-state index in [0.717, 1.165) is 62.0 Å². The van der Waals surface area contributed by atoms with Crippen LogP contribution < -0.4 is 5.32 Å². The topological polar surface area (TPSA) is 94.8 Å². The van der Waals surface area contributed by atoms with E-state index in [2.05, 4.69) is 33.3 Å². The third kappa shape index (κ3) is 6.40. The van der Waals surface area contributed by atoms with Crippen molar-refractivity contribution in [3.8, 4) is 0 Å². The Balaban J connectivity index is 1.35. The molecule has 1 aliphatic rings. The lowest BCUT2D eigenvalue weighted by atomic mass is 9.97. The van der Waals surface area contributed by atoms with Gasteiger partial charge < -0.3 is 10.1 Å². The molecule has 0 amide bonds. The molecule has 34 heavy (non-hydrogen) atoms. The fraction of sp³-hybridized carbons (Fsp3) is 0.500. The van der Waals surface area contributed by atoms with Crippen LogP contribution in [0.1, 0.15) is 74.1 Å². The van der Waals surface area contributed by atoms with E-state index in [9.17, 15) is 4.79 Å². The number of hydrogen-bond acceptors (Lipinski definition) is 7. The zero-order chi connectivity index (χ0) is 23.8. The Morgan fingerprint density at radius 2 is 2.09 bits per heavy atom. The van der Waals surface area contributed by atoms with Crippen LogP contribution in [0.5, 0.6) is 0 Å². The van der Waals surface area contributed by atoms with Crippen molar-refractivity contribution >= 4 is 11.8 Å². The number of rotatable bonds is 11. The minimum atomic E-state index is -0.286. The van der Waals surface area contributed by atoms with Crippen LogP contribution in [-0.4, -0.2) is 43.4 Å². The summed E-state index contributed by atoms with van der Waals surface area (Å²) in [5, 5.41) is 8.37. The monoisotopic (exact) mass is 462 g/mol. The molecular formula is C26H34N6O2. The highest BCUT2D eigenvalue weighted by Gasteiger charge is 2.22. The van der Waals surface area contributed by atoms with E-state index in [4.69, 9.17) is 9.84 Å². The molecule has 3 aromatic heterocycles. The van der Waals surface area contributed by atoms with E-state index in [1.165, 1.54) is 5.56 Å². The lowest BCUT2D eigenvalue weighted by molar-refractivity contribution is -0.144. The summed E-state index contributed by atoms with van der Waals surface area (Å²) in [6.07, 6.45) is 14.6. The molecule has 8 nitrogen and oxygen atoms in total. The van der Waals surface area contributed by atoms with E-state index < -0.39 is 0 Å². The van der Waals surface area contributed by atoms with Gasteiger partial charge in [0.2, 0.25) is 0 Å². The van der Waals surface area contributed by atoms with Crippen molar-refractivity contribution in [3.63, 3.8) is 0 Å². The van der Waals surface area contributed by atoms with Gasteiger partial charge in [-0.05, 0) is 63.1 Å². The van der Waals surface area contributed by atoms with Crippen molar-refractivity contribution in [3.05, 3.63) is 65.6 Å². The number of hydrogen-bond donors (Lipinski definition) is 1. The van der Waals surface area contributed by atoms with E-state index in [-0.39, 0.29) is 18.4 Å². The van der Waals surface area contributed by atoms with Gasteiger partial charge in [-0.2, -0.15) is 5.10 Å². The van der Waals surface area contributed by atoms with Gasteiger partial charge in [0.05, 0.1) is 24.8 Å². The van der Waals surface area contributed by atoms with Crippen LogP contribution in [0.15, 0.2) is 43.0 Å². The normalized spacial score (nSPS) is 15.9. The number of pyridine rings is 1. The van der Waals surface area contributed by atoms with Crippen molar-refractivity contribution in [1.82, 2.24) is 24.7 Å². The summed E-state index contributed by atoms with van der Waals surface area (Å²) in [5.41, 5.74) is 3.17. The Morgan fingerprint density at radius 3 is 2.91 bits per heavy atom. The molecule has 4 heterocycles. The average Bonchev–Trinajstić information content (AvgIpc) is 3.32. The number of anilines is 1. The van der Waals surface area contributed by atoms with Crippen LogP contribution in [0.2, 0.25) is 0 Å². The Kier molecular flexibility index (Phi) is 8.22. The number of aryl methyl sites for hydroxylation is 3. The first-order valence-electron chi connectivity index (χ1n) is 12.3. The molecular weight excluding hydrogens is 428 g/mol. The number of ether oxygens (including phenoxy) is 1. The maximum Gasteiger partial charge on any atom is 0.308 e. The number of unbranched alkanes of at least 4 members (excludes halogenated alkanes) is 1. The van der Waals surface area contributed by atoms with Crippen molar-refractivity contribution in [2.45, 2.75) is 77.3 Å². The maximum atomic E-state index is 12.5. The van der Waals surface area contributed by atoms with Gasteiger partial charge >= 0.3 is 5.97 Å². The second-order valence-corrected chi connectivity index (χ2v) is 8.93. The lowest BCUT2D eigenvalue weighted by Crippen LogP contribution is -2.26. The third-order valence-electron chi connectivity index (χ3n) is 6.27. The Bertz CT molecular complexity index is 1070. The second kappa shape index (κ2) is 11.7. The fourth-order valence-corrected chi connectivity index (χ4v) is 4.28. The van der Waals surface area contributed by atoms with Gasteiger partial charge in [0.1, 0.15) is 11.6 Å². The van der Waals surface area contributed by atoms with Crippen molar-refractivity contribution < 1.29 is 9.53 Å². The second-order valence-electron chi connectivity index (χ2n) is 8.93. The van der Waals surface area contributed by atoms with E-state index in [1.807, 2.05) is 36.1 Å². The molecule has 0 fully saturated rings. The average molecular weight is 463 g/mol. The van der Waals surface area contributed by atoms with Gasteiger partial charge in [0.15, 0.2) is 0 Å². The van der Waals surface area contributed by atoms with Gasteiger partial charge in [-0.3, -0.25) is 9.48 Å². The smallest absolute Gasteiger partial charge is 0.308 e. The molecule has 0 spiro atoms. The molecule has 2 atom stereocenters. The van der Waals surface area contributed by atoms with Gasteiger partial charge in [-0.15, -0.1) is 0 Å². The quantitative estimate of drug-likeness (QED) is 0.332. The summed E-state index contributed by atoms with van der Waals surface area (Å²) < 4.78 is 7.26. The number of carbonyl (C=O) groups excluding carboxylic acids is 1. The molecule has 0 aromatic carbocycles. The summed E-state index contributed by atoms with van der Waals surface area (Å²) in [7, 11) is 0. The highest BCUT2D eigenvalue weighted by molar-refractivity contribution is 5.70. The Morgan fingerprint density at radius 1 is 1.24 bits per heavy atom. The SMILES string of the molecule is CCCCOC(=O)C[C@@H](c1cnc(C)nc1)n1ccc(CCC[C@H]2CCc3cccnc3N2)n1. The van der Waals surface area contributed by atoms with Gasteiger partial charge in [-0.1, -0.05) is 19.4 Å². The zero-order valence-electron chi connectivity index (χ0n) is 20.1. The predicted octanol–water partition coefficient (Wildman–Crippen LogP) is 4.45. The summed E-state index contributed by atoms with van der Waals surface area (Å²) in [4.78, 5) is 25.6. The summed E-state index contributed by atoms with van der Waals surface area (Å²) in [5.74, 6) is 1.49. The van der Waals surface area contributed by atoms with Crippen LogP contribution in [-0.2, 0) is 22.4 Å². The molecule has 1 aliphatic heterocycles. The first kappa shape index (κ1) is 23.9. The number of carbonyl (C=O) groups is 1. The van der Waals surface area contributed by atoms with Gasteiger partial charge in [0, 0.05) is 36.4 Å². The standard InChI is InChI=1S/C26H34N6O2/c1-3-4-15-34-25(33)16-24(21-17-28-19(2)29-18-21)32-14-12-23(31-32)9-5-8-22-11-10-20-7-6-13-27-26(20)30-22/h6-7,12-14,17-18,22,24H,3-5,8-11,15-16H2,1-2H3,(H,27,30)/t22-,24-/m0/s1. The fourth-order valence-electron chi connectivity index (χ4n) is 4.28. The lowest BCUT2D eigenvalue weighted by Gasteiger charge is -2.25. The molecule has 0 saturated heterocycles. The van der Waals surface area contributed by atoms with Crippen molar-refractivity contribution in [2.24, 2.45) is 0 Å². The minimum Gasteiger partial charge on any atom is -0.466 e. The molecule has 0 aliphatic carbocycles. The summed E-state index contributed by atoms with van der Waals surface area (Å²) in [6.45, 7) is 4.37. The highest BCUT2D eigenvalue weighted by Crippen LogP contribution is 2.25. The van der Waals surface area contributed by atoms with Crippen LogP contribution >= 0.6 is 0 Å². The number of aromatic nitrogens is 5. The van der Waals surface area contributed by atoms with Crippen molar-refractivity contribution in [2.75, 3.05) is 11.9 Å². The summed E-state index contributed by atoms with van der Waals surface area (Å²) >= 11 is 0. The van der Waals surface area contributed by atoms with E-state index >= 15 is 0 Å². The van der Waals surface area contributed by atoms with E-state index in [1.54, 1.807) is 12.4 Å². The Labute approximate surface area is 201 Å². The zero-order valence-corrected chi connectivity index (χ0v) is 20.1. The van der Waals surface area contributed by atoms with Crippen LogP contribution in [0, 0.1) is 6.92 Å². The number of nitrogens with one attached hydrogen (secondary N) is 1. The number of fused-ring (bicyclic) bond motifs is 1. The molecule has 8 heteroatoms. The van der Waals surface area contributed by atoms with Gasteiger partial charge in [-0.25, -0.2) is 15.0 Å². The van der Waals surface area contributed by atoms with E-state index in [0.29, 0.717) is 18.5 Å². The number of nitrogens with zero attached hydrogens (tertiary/aromatic N) is 5. The largest absolute Gasteiger partial charge is 0.466 e. The van der Waals surface area contributed by atoms with Crippen molar-refractivity contribution in [1.29, 1.82) is 0 Å². The molecule has 0 bridgehead atoms. The highest BCUT2D eigenvalue weighted by atomic mass is 16.5. The number of esters is 1. The summed E-state index contributed by atoms with van der Waals surface area (Å²) in [6, 6.07) is 6.34. The van der Waals surface area contributed by atoms with Gasteiger partial charge in [0.25, 0.3) is 0 Å². The predicted molar refractivity (Wildman–Crippen MR) is 131 cm³/mol. The first-order chi connectivity index (χ1) is 16.6. The minimum absolute atomic E-state index is 0.204. The molecule has 0 radical (unpaired) electrons. The molecule has 4 rings (SSSR count). The van der Waals surface area contributed by atoms with Crippen LogP contribution in [0.4, 0.5) is 5.82 Å². The van der Waals surface area contributed by atoms with Crippen LogP contribution in [0.25, 0.3) is 0 Å². The third-order valence-corrected chi connectivity index (χ3v) is 6.27. The molecule has 3 aromatic rings. The first-order valence-corrected chi connectivity index (χ1v) is 12.3. The van der Waals surface area contributed by atoms with Crippen LogP contribution in [0.3, 0.4) is 0 Å².